The molecule has 0 spiro atoms. The van der Waals surface area contributed by atoms with E-state index in [1.807, 2.05) is 24.3 Å². The topological polar surface area (TPSA) is 118 Å². The Labute approximate surface area is 202 Å². The normalized spacial score (nSPS) is 12.7. The zero-order valence-corrected chi connectivity index (χ0v) is 19.3. The fraction of sp³-hybridized carbons (Fsp3) is 0.125. The van der Waals surface area contributed by atoms with Gasteiger partial charge in [-0.05, 0) is 64.0 Å². The number of hydrogen-bond donors (Lipinski definition) is 3. The Morgan fingerprint density at radius 2 is 1.94 bits per heavy atom. The quantitative estimate of drug-likeness (QED) is 0.318. The van der Waals surface area contributed by atoms with Gasteiger partial charge in [-0.3, -0.25) is 9.59 Å². The molecule has 2 aromatic carbocycles. The number of rotatable bonds is 7. The number of carbonyl (C=O) groups is 2. The maximum Gasteiger partial charge on any atom is 0.291 e. The lowest BCUT2D eigenvalue weighted by atomic mass is 10.1. The highest BCUT2D eigenvalue weighted by atomic mass is 79.9. The fourth-order valence-corrected chi connectivity index (χ4v) is 3.77. The summed E-state index contributed by atoms with van der Waals surface area (Å²) >= 11 is 3.17. The van der Waals surface area contributed by atoms with E-state index < -0.39 is 11.8 Å². The number of hydrogen-bond acceptors (Lipinski definition) is 6. The average molecular weight is 523 g/mol. The highest BCUT2D eigenvalue weighted by molar-refractivity contribution is 9.10. The van der Waals surface area contributed by atoms with Crippen LogP contribution in [-0.2, 0) is 11.2 Å². The summed E-state index contributed by atoms with van der Waals surface area (Å²) in [6, 6.07) is 16.1. The molecule has 34 heavy (non-hydrogen) atoms. The molecular formula is C24H19BrN4O5. The number of furan rings is 1. The van der Waals surface area contributed by atoms with Crippen LogP contribution in [-0.4, -0.2) is 35.1 Å². The van der Waals surface area contributed by atoms with E-state index in [2.05, 4.69) is 36.5 Å². The van der Waals surface area contributed by atoms with Gasteiger partial charge in [-0.2, -0.15) is 0 Å². The van der Waals surface area contributed by atoms with Crippen LogP contribution in [0.25, 0.3) is 17.1 Å². The van der Waals surface area contributed by atoms with Crippen LogP contribution >= 0.6 is 15.9 Å². The number of halogens is 1. The molecule has 1 aliphatic rings. The van der Waals surface area contributed by atoms with Crippen molar-refractivity contribution in [3.8, 4) is 11.5 Å². The first-order chi connectivity index (χ1) is 16.5. The van der Waals surface area contributed by atoms with E-state index >= 15 is 0 Å². The van der Waals surface area contributed by atoms with Gasteiger partial charge in [0, 0.05) is 13.0 Å². The zero-order chi connectivity index (χ0) is 23.5. The van der Waals surface area contributed by atoms with Crippen molar-refractivity contribution in [2.45, 2.75) is 6.42 Å². The molecule has 172 valence electrons. The van der Waals surface area contributed by atoms with Crippen molar-refractivity contribution in [3.05, 3.63) is 82.1 Å². The van der Waals surface area contributed by atoms with Crippen molar-refractivity contribution in [2.75, 3.05) is 13.3 Å². The van der Waals surface area contributed by atoms with E-state index in [1.54, 1.807) is 30.3 Å². The largest absolute Gasteiger partial charge is 0.454 e. The molecule has 0 atom stereocenters. The predicted octanol–water partition coefficient (Wildman–Crippen LogP) is 3.78. The first-order valence-electron chi connectivity index (χ1n) is 10.4. The lowest BCUT2D eigenvalue weighted by molar-refractivity contribution is -0.117. The van der Waals surface area contributed by atoms with Gasteiger partial charge >= 0.3 is 0 Å². The number of ether oxygens (including phenoxy) is 2. The van der Waals surface area contributed by atoms with Crippen LogP contribution in [0.4, 0.5) is 0 Å². The number of para-hydroxylation sites is 2. The first-order valence-corrected chi connectivity index (χ1v) is 11.2. The lowest BCUT2D eigenvalue weighted by Gasteiger charge is -2.10. The third kappa shape index (κ3) is 4.81. The minimum Gasteiger partial charge on any atom is -0.454 e. The summed E-state index contributed by atoms with van der Waals surface area (Å²) in [5.74, 6) is 1.02. The van der Waals surface area contributed by atoms with E-state index in [9.17, 15) is 9.59 Å². The molecule has 5 rings (SSSR count). The molecule has 0 fully saturated rings. The summed E-state index contributed by atoms with van der Waals surface area (Å²) in [7, 11) is 0. The summed E-state index contributed by atoms with van der Waals surface area (Å²) in [6.07, 6.45) is 2.06. The number of nitrogens with zero attached hydrogens (tertiary/aromatic N) is 1. The number of H-pyrrole nitrogens is 1. The second kappa shape index (κ2) is 9.44. The average Bonchev–Trinajstić information content (AvgIpc) is 3.57. The molecule has 4 aromatic rings. The standard InChI is InChI=1S/C24H19BrN4O5/c25-21-8-7-19(34-21)24(31)29-17(11-14-5-6-18-20(12-14)33-13-32-18)23(30)26-10-9-22-27-15-3-1-2-4-16(15)28-22/h1-8,11-12H,9-10,13H2,(H,26,30)(H,27,28)(H,29,31). The van der Waals surface area contributed by atoms with Gasteiger partial charge in [0.2, 0.25) is 6.79 Å². The summed E-state index contributed by atoms with van der Waals surface area (Å²) in [5, 5.41) is 5.47. The Bertz CT molecular complexity index is 1370. The first kappa shape index (κ1) is 21.8. The molecule has 1 aliphatic heterocycles. The highest BCUT2D eigenvalue weighted by Crippen LogP contribution is 2.33. The van der Waals surface area contributed by atoms with Crippen LogP contribution < -0.4 is 20.1 Å². The summed E-state index contributed by atoms with van der Waals surface area (Å²) in [6.45, 7) is 0.459. The predicted molar refractivity (Wildman–Crippen MR) is 127 cm³/mol. The number of nitrogens with one attached hydrogen (secondary N) is 3. The minimum absolute atomic E-state index is 0.0565. The van der Waals surface area contributed by atoms with Crippen LogP contribution in [0.1, 0.15) is 21.9 Å². The monoisotopic (exact) mass is 522 g/mol. The van der Waals surface area contributed by atoms with Gasteiger partial charge < -0.3 is 29.5 Å². The van der Waals surface area contributed by atoms with Gasteiger partial charge in [-0.15, -0.1) is 0 Å². The van der Waals surface area contributed by atoms with Gasteiger partial charge in [0.15, 0.2) is 21.9 Å². The maximum atomic E-state index is 13.0. The van der Waals surface area contributed by atoms with Crippen LogP contribution in [0.5, 0.6) is 11.5 Å². The number of amides is 2. The van der Waals surface area contributed by atoms with Gasteiger partial charge in [0.1, 0.15) is 11.5 Å². The maximum absolute atomic E-state index is 13.0. The second-order valence-electron chi connectivity index (χ2n) is 7.44. The molecule has 3 heterocycles. The van der Waals surface area contributed by atoms with Crippen LogP contribution in [0.3, 0.4) is 0 Å². The summed E-state index contributed by atoms with van der Waals surface area (Å²) < 4.78 is 16.4. The lowest BCUT2D eigenvalue weighted by Crippen LogP contribution is -2.35. The van der Waals surface area contributed by atoms with Crippen molar-refractivity contribution in [3.63, 3.8) is 0 Å². The fourth-order valence-electron chi connectivity index (χ4n) is 3.46. The summed E-state index contributed by atoms with van der Waals surface area (Å²) in [4.78, 5) is 33.4. The Balaban J connectivity index is 1.32. The molecule has 0 bridgehead atoms. The molecule has 2 aromatic heterocycles. The van der Waals surface area contributed by atoms with Crippen LogP contribution in [0.2, 0.25) is 0 Å². The number of imidazole rings is 1. The SMILES string of the molecule is O=C(NCCc1nc2ccccc2[nH]1)C(=Cc1ccc2c(c1)OCO2)NC(=O)c1ccc(Br)o1. The molecule has 0 aliphatic carbocycles. The zero-order valence-electron chi connectivity index (χ0n) is 17.8. The van der Waals surface area contributed by atoms with Crippen molar-refractivity contribution in [2.24, 2.45) is 0 Å². The minimum atomic E-state index is -0.551. The molecule has 10 heteroatoms. The van der Waals surface area contributed by atoms with Gasteiger partial charge in [-0.25, -0.2) is 4.98 Å². The summed E-state index contributed by atoms with van der Waals surface area (Å²) in [5.41, 5.74) is 2.52. The number of fused-ring (bicyclic) bond motifs is 2. The Morgan fingerprint density at radius 1 is 1.09 bits per heavy atom. The van der Waals surface area contributed by atoms with Crippen molar-refractivity contribution in [1.82, 2.24) is 20.6 Å². The van der Waals surface area contributed by atoms with E-state index in [1.165, 1.54) is 6.07 Å². The van der Waals surface area contributed by atoms with Crippen molar-refractivity contribution in [1.29, 1.82) is 0 Å². The molecule has 0 unspecified atom stereocenters. The smallest absolute Gasteiger partial charge is 0.291 e. The molecule has 0 saturated heterocycles. The number of aromatic amines is 1. The molecule has 0 radical (unpaired) electrons. The van der Waals surface area contributed by atoms with E-state index in [-0.39, 0.29) is 18.3 Å². The Kier molecular flexibility index (Phi) is 6.05. The van der Waals surface area contributed by atoms with Crippen LogP contribution in [0.15, 0.2) is 69.4 Å². The second-order valence-corrected chi connectivity index (χ2v) is 8.22. The number of aromatic nitrogens is 2. The van der Waals surface area contributed by atoms with Crippen LogP contribution in [0, 0.1) is 0 Å². The van der Waals surface area contributed by atoms with E-state index in [0.717, 1.165) is 16.9 Å². The van der Waals surface area contributed by atoms with Crippen molar-refractivity contribution >= 4 is 44.9 Å². The van der Waals surface area contributed by atoms with Crippen molar-refractivity contribution < 1.29 is 23.5 Å². The van der Waals surface area contributed by atoms with Gasteiger partial charge in [-0.1, -0.05) is 18.2 Å². The number of carbonyl (C=O) groups excluding carboxylic acids is 2. The molecule has 0 saturated carbocycles. The van der Waals surface area contributed by atoms with Gasteiger partial charge in [0.05, 0.1) is 11.0 Å². The highest BCUT2D eigenvalue weighted by Gasteiger charge is 2.18. The molecule has 9 nitrogen and oxygen atoms in total. The van der Waals surface area contributed by atoms with E-state index in [0.29, 0.717) is 34.7 Å². The van der Waals surface area contributed by atoms with Gasteiger partial charge in [0.25, 0.3) is 11.8 Å². The Morgan fingerprint density at radius 3 is 2.76 bits per heavy atom. The molecular weight excluding hydrogens is 504 g/mol. The molecule has 2 amide bonds. The molecule has 3 N–H and O–H groups in total. The number of benzene rings is 2. The van der Waals surface area contributed by atoms with E-state index in [4.69, 9.17) is 13.9 Å². The third-order valence-electron chi connectivity index (χ3n) is 5.08. The Hall–Kier alpha value is -4.05. The third-order valence-corrected chi connectivity index (χ3v) is 5.51.